The molecule has 0 saturated carbocycles. The zero-order chi connectivity index (χ0) is 14.8. The van der Waals surface area contributed by atoms with Crippen LogP contribution in [0.5, 0.6) is 0 Å². The number of benzene rings is 1. The Morgan fingerprint density at radius 2 is 2.15 bits per heavy atom. The van der Waals surface area contributed by atoms with Crippen LogP contribution in [0, 0.1) is 10.1 Å². The van der Waals surface area contributed by atoms with Gasteiger partial charge in [-0.2, -0.15) is 0 Å². The minimum atomic E-state index is -1.27. The molecule has 1 heterocycles. The highest BCUT2D eigenvalue weighted by molar-refractivity contribution is 8.14. The molecule has 0 aromatic heterocycles. The maximum absolute atomic E-state index is 12.2. The lowest BCUT2D eigenvalue weighted by atomic mass is 9.93. The second-order valence-electron chi connectivity index (χ2n) is 4.43. The molecular weight excluding hydrogens is 280 g/mol. The number of thioether (sulfide) groups is 1. The Hall–Kier alpha value is -1.89. The van der Waals surface area contributed by atoms with Crippen LogP contribution in [0.2, 0.25) is 0 Å². The van der Waals surface area contributed by atoms with Crippen LogP contribution in [0.25, 0.3) is 0 Å². The number of amidine groups is 1. The molecule has 0 amide bonds. The van der Waals surface area contributed by atoms with Crippen LogP contribution in [0.3, 0.4) is 0 Å². The second-order valence-corrected chi connectivity index (χ2v) is 5.50. The molecule has 6 nitrogen and oxygen atoms in total. The molecule has 0 spiro atoms. The summed E-state index contributed by atoms with van der Waals surface area (Å²) in [5.74, 6) is -0.543. The van der Waals surface area contributed by atoms with Crippen LogP contribution in [-0.2, 0) is 9.53 Å². The van der Waals surface area contributed by atoms with Crippen molar-refractivity contribution in [2.75, 3.05) is 6.61 Å². The molecule has 2 atom stereocenters. The maximum atomic E-state index is 12.2. The Morgan fingerprint density at radius 1 is 1.50 bits per heavy atom. The van der Waals surface area contributed by atoms with E-state index in [1.807, 2.05) is 30.3 Å². The predicted octanol–water partition coefficient (Wildman–Crippen LogP) is 2.43. The average molecular weight is 294 g/mol. The van der Waals surface area contributed by atoms with Gasteiger partial charge in [-0.1, -0.05) is 35.3 Å². The number of nitro groups is 1. The van der Waals surface area contributed by atoms with Crippen molar-refractivity contribution in [1.82, 2.24) is 0 Å². The van der Waals surface area contributed by atoms with Gasteiger partial charge >= 0.3 is 11.1 Å². The summed E-state index contributed by atoms with van der Waals surface area (Å²) in [7, 11) is 0. The summed E-state index contributed by atoms with van der Waals surface area (Å²) >= 11 is 0.983. The monoisotopic (exact) mass is 294 g/mol. The van der Waals surface area contributed by atoms with Gasteiger partial charge in [-0.15, -0.1) is 0 Å². The summed E-state index contributed by atoms with van der Waals surface area (Å²) in [4.78, 5) is 26.5. The van der Waals surface area contributed by atoms with Gasteiger partial charge in [-0.25, -0.2) is 4.79 Å². The minimum Gasteiger partial charge on any atom is -0.462 e. The highest BCUT2D eigenvalue weighted by atomic mass is 32.2. The van der Waals surface area contributed by atoms with E-state index >= 15 is 0 Å². The Morgan fingerprint density at radius 3 is 2.70 bits per heavy atom. The van der Waals surface area contributed by atoms with E-state index in [2.05, 4.69) is 4.99 Å². The molecule has 0 N–H and O–H groups in total. The van der Waals surface area contributed by atoms with Gasteiger partial charge in [0.15, 0.2) is 0 Å². The van der Waals surface area contributed by atoms with Gasteiger partial charge in [0, 0.05) is 0 Å². The SMILES string of the molecule is CCOC(=O)C1(C)N=C([N+](=O)[O-])SC1c1ccccc1. The number of carbonyl (C=O) groups is 1. The Labute approximate surface area is 120 Å². The number of nitrogens with zero attached hydrogens (tertiary/aromatic N) is 2. The number of hydrogen-bond acceptors (Lipinski definition) is 6. The van der Waals surface area contributed by atoms with E-state index in [1.54, 1.807) is 13.8 Å². The van der Waals surface area contributed by atoms with Gasteiger partial charge in [0.1, 0.15) is 5.25 Å². The van der Waals surface area contributed by atoms with Gasteiger partial charge in [0.25, 0.3) is 5.54 Å². The molecule has 2 rings (SSSR count). The molecule has 0 aliphatic carbocycles. The van der Waals surface area contributed by atoms with E-state index in [0.29, 0.717) is 0 Å². The van der Waals surface area contributed by atoms with Crippen molar-refractivity contribution in [1.29, 1.82) is 0 Å². The molecule has 2 unspecified atom stereocenters. The molecule has 0 saturated heterocycles. The lowest BCUT2D eigenvalue weighted by Gasteiger charge is -2.21. The number of carbonyl (C=O) groups excluding carboxylic acids is 1. The van der Waals surface area contributed by atoms with E-state index < -0.39 is 21.7 Å². The first-order chi connectivity index (χ1) is 9.49. The summed E-state index contributed by atoms with van der Waals surface area (Å²) < 4.78 is 5.03. The van der Waals surface area contributed by atoms with Crippen LogP contribution in [-0.4, -0.2) is 28.2 Å². The van der Waals surface area contributed by atoms with Gasteiger partial charge in [0.2, 0.25) is 0 Å². The molecule has 1 aliphatic rings. The highest BCUT2D eigenvalue weighted by Crippen LogP contribution is 2.47. The first-order valence-electron chi connectivity index (χ1n) is 6.12. The zero-order valence-corrected chi connectivity index (χ0v) is 11.9. The van der Waals surface area contributed by atoms with Gasteiger partial charge in [-0.05, 0) is 36.1 Å². The van der Waals surface area contributed by atoms with Crippen molar-refractivity contribution < 1.29 is 14.5 Å². The van der Waals surface area contributed by atoms with Crippen LogP contribution >= 0.6 is 11.8 Å². The van der Waals surface area contributed by atoms with Crippen LogP contribution in [0.4, 0.5) is 0 Å². The molecular formula is C13H14N2O4S. The van der Waals surface area contributed by atoms with Crippen LogP contribution < -0.4 is 0 Å². The van der Waals surface area contributed by atoms with Crippen molar-refractivity contribution in [2.24, 2.45) is 4.99 Å². The Kier molecular flexibility index (Phi) is 4.08. The molecule has 106 valence electrons. The lowest BCUT2D eigenvalue weighted by Crippen LogP contribution is -2.38. The summed E-state index contributed by atoms with van der Waals surface area (Å²) in [5.41, 5.74) is -0.460. The smallest absolute Gasteiger partial charge is 0.396 e. The largest absolute Gasteiger partial charge is 0.462 e. The minimum absolute atomic E-state index is 0.212. The Balaban J connectivity index is 2.41. The van der Waals surface area contributed by atoms with Crippen molar-refractivity contribution in [3.8, 4) is 0 Å². The molecule has 1 aromatic carbocycles. The van der Waals surface area contributed by atoms with Crippen molar-refractivity contribution >= 4 is 22.9 Å². The van der Waals surface area contributed by atoms with Crippen LogP contribution in [0.15, 0.2) is 35.3 Å². The lowest BCUT2D eigenvalue weighted by molar-refractivity contribution is -0.343. The molecule has 0 fully saturated rings. The van der Waals surface area contributed by atoms with E-state index in [4.69, 9.17) is 4.74 Å². The van der Waals surface area contributed by atoms with E-state index in [1.165, 1.54) is 0 Å². The number of esters is 1. The first-order valence-corrected chi connectivity index (χ1v) is 7.00. The van der Waals surface area contributed by atoms with Gasteiger partial charge in [-0.3, -0.25) is 0 Å². The summed E-state index contributed by atoms with van der Waals surface area (Å²) in [5, 5.41) is 10.2. The van der Waals surface area contributed by atoms with Crippen molar-refractivity contribution in [3.05, 3.63) is 46.0 Å². The third-order valence-electron chi connectivity index (χ3n) is 3.01. The van der Waals surface area contributed by atoms with Crippen molar-refractivity contribution in [2.45, 2.75) is 24.6 Å². The van der Waals surface area contributed by atoms with E-state index in [9.17, 15) is 14.9 Å². The number of hydrogen-bond donors (Lipinski definition) is 0. The second kappa shape index (κ2) is 5.62. The molecule has 1 aromatic rings. The normalized spacial score (nSPS) is 25.1. The Bertz CT molecular complexity index is 561. The van der Waals surface area contributed by atoms with Crippen molar-refractivity contribution in [3.63, 3.8) is 0 Å². The zero-order valence-electron chi connectivity index (χ0n) is 11.1. The number of rotatable bonds is 3. The molecule has 0 bridgehead atoms. The standard InChI is InChI=1S/C13H14N2O4S/c1-3-19-11(16)13(2)10(9-7-5-4-6-8-9)20-12(14-13)15(17)18/h4-8,10H,3H2,1-2H3. The number of ether oxygens (including phenoxy) is 1. The van der Waals surface area contributed by atoms with Gasteiger partial charge in [0.05, 0.1) is 6.61 Å². The quantitative estimate of drug-likeness (QED) is 0.486. The highest BCUT2D eigenvalue weighted by Gasteiger charge is 2.56. The third kappa shape index (κ3) is 2.53. The fraction of sp³-hybridized carbons (Fsp3) is 0.385. The van der Waals surface area contributed by atoms with Gasteiger partial charge < -0.3 is 14.9 Å². The first kappa shape index (κ1) is 14.5. The maximum Gasteiger partial charge on any atom is 0.396 e. The predicted molar refractivity (Wildman–Crippen MR) is 76.2 cm³/mol. The van der Waals surface area contributed by atoms with E-state index in [0.717, 1.165) is 17.3 Å². The summed E-state index contributed by atoms with van der Waals surface area (Å²) in [6.07, 6.45) is 0. The van der Waals surface area contributed by atoms with Crippen LogP contribution in [0.1, 0.15) is 24.7 Å². The molecule has 7 heteroatoms. The average Bonchev–Trinajstić information content (AvgIpc) is 2.80. The molecule has 20 heavy (non-hydrogen) atoms. The topological polar surface area (TPSA) is 81.8 Å². The van der Waals surface area contributed by atoms with E-state index in [-0.39, 0.29) is 11.8 Å². The third-order valence-corrected chi connectivity index (χ3v) is 4.43. The summed E-state index contributed by atoms with van der Waals surface area (Å²) in [6, 6.07) is 9.15. The number of aliphatic imine (C=N–C) groups is 1. The fourth-order valence-electron chi connectivity index (χ4n) is 2.04. The fourth-order valence-corrected chi connectivity index (χ4v) is 3.25. The summed E-state index contributed by atoms with van der Waals surface area (Å²) in [6.45, 7) is 3.48. The molecule has 1 aliphatic heterocycles. The molecule has 0 radical (unpaired) electrons.